The highest BCUT2D eigenvalue weighted by Gasteiger charge is 2.20. The molecule has 2 aromatic carbocycles. The normalized spacial score (nSPS) is 18.2. The smallest absolute Gasteiger partial charge is 0.128 e. The largest absolute Gasteiger partial charge is 0.365 e. The van der Waals surface area contributed by atoms with Gasteiger partial charge in [0.2, 0.25) is 0 Å². The fraction of sp³-hybridized carbons (Fsp3) is 0.333. The van der Waals surface area contributed by atoms with Crippen molar-refractivity contribution in [3.63, 3.8) is 0 Å². The molecule has 3 heteroatoms. The zero-order chi connectivity index (χ0) is 14.7. The minimum Gasteiger partial charge on any atom is -0.365 e. The van der Waals surface area contributed by atoms with Crippen LogP contribution in [0.15, 0.2) is 48.5 Å². The minimum absolute atomic E-state index is 0.125. The average Bonchev–Trinajstić information content (AvgIpc) is 2.69. The standard InChI is InChI=1S/C18H21FN2/c1-2-16-13-21(12-15-8-3-5-9-17(15)19)18-10-6-4-7-14(18)11-20-16/h3-10,16,20H,2,11-13H2,1H3. The molecular formula is C18H21FN2. The van der Waals surface area contributed by atoms with Crippen LogP contribution in [-0.2, 0) is 13.1 Å². The highest BCUT2D eigenvalue weighted by Crippen LogP contribution is 2.26. The summed E-state index contributed by atoms with van der Waals surface area (Å²) in [4.78, 5) is 2.29. The number of hydrogen-bond acceptors (Lipinski definition) is 2. The van der Waals surface area contributed by atoms with Gasteiger partial charge in [-0.3, -0.25) is 0 Å². The Morgan fingerprint density at radius 2 is 1.90 bits per heavy atom. The Kier molecular flexibility index (Phi) is 4.20. The van der Waals surface area contributed by atoms with Gasteiger partial charge in [-0.1, -0.05) is 43.3 Å². The molecule has 1 N–H and O–H groups in total. The molecule has 0 aliphatic carbocycles. The molecule has 2 nitrogen and oxygen atoms in total. The number of halogens is 1. The number of benzene rings is 2. The number of fused-ring (bicyclic) bond motifs is 1. The van der Waals surface area contributed by atoms with Crippen LogP contribution in [-0.4, -0.2) is 12.6 Å². The van der Waals surface area contributed by atoms with Crippen molar-refractivity contribution < 1.29 is 4.39 Å². The Morgan fingerprint density at radius 1 is 1.14 bits per heavy atom. The van der Waals surface area contributed by atoms with E-state index in [0.717, 1.165) is 25.1 Å². The second-order valence-electron chi connectivity index (χ2n) is 5.59. The molecule has 1 aliphatic rings. The lowest BCUT2D eigenvalue weighted by Crippen LogP contribution is -2.37. The Bertz CT molecular complexity index is 612. The second kappa shape index (κ2) is 6.27. The summed E-state index contributed by atoms with van der Waals surface area (Å²) in [6.07, 6.45) is 1.07. The average molecular weight is 284 g/mol. The van der Waals surface area contributed by atoms with Crippen LogP contribution >= 0.6 is 0 Å². The van der Waals surface area contributed by atoms with E-state index in [9.17, 15) is 4.39 Å². The summed E-state index contributed by atoms with van der Waals surface area (Å²) in [6.45, 7) is 4.58. The van der Waals surface area contributed by atoms with E-state index >= 15 is 0 Å². The number of nitrogens with zero attached hydrogens (tertiary/aromatic N) is 1. The van der Waals surface area contributed by atoms with Gasteiger partial charge < -0.3 is 10.2 Å². The van der Waals surface area contributed by atoms with Gasteiger partial charge in [0, 0.05) is 36.9 Å². The Labute approximate surface area is 125 Å². The van der Waals surface area contributed by atoms with Crippen molar-refractivity contribution in [1.29, 1.82) is 0 Å². The molecule has 0 amide bonds. The zero-order valence-electron chi connectivity index (χ0n) is 12.3. The lowest BCUT2D eigenvalue weighted by atomic mass is 10.1. The van der Waals surface area contributed by atoms with Crippen molar-refractivity contribution >= 4 is 5.69 Å². The van der Waals surface area contributed by atoms with Gasteiger partial charge in [0.15, 0.2) is 0 Å². The maximum Gasteiger partial charge on any atom is 0.128 e. The van der Waals surface area contributed by atoms with Crippen LogP contribution in [0.4, 0.5) is 10.1 Å². The van der Waals surface area contributed by atoms with Gasteiger partial charge in [-0.15, -0.1) is 0 Å². The van der Waals surface area contributed by atoms with Crippen molar-refractivity contribution in [2.75, 3.05) is 11.4 Å². The van der Waals surface area contributed by atoms with E-state index in [1.54, 1.807) is 6.07 Å². The van der Waals surface area contributed by atoms with Crippen LogP contribution in [0.3, 0.4) is 0 Å². The lowest BCUT2D eigenvalue weighted by molar-refractivity contribution is 0.499. The molecule has 0 saturated carbocycles. The van der Waals surface area contributed by atoms with Crippen molar-refractivity contribution in [2.45, 2.75) is 32.5 Å². The van der Waals surface area contributed by atoms with Crippen LogP contribution < -0.4 is 10.2 Å². The molecule has 1 atom stereocenters. The fourth-order valence-electron chi connectivity index (χ4n) is 2.91. The Balaban J connectivity index is 1.92. The summed E-state index contributed by atoms with van der Waals surface area (Å²) >= 11 is 0. The molecule has 0 aromatic heterocycles. The molecule has 3 rings (SSSR count). The third-order valence-electron chi connectivity index (χ3n) is 4.17. The number of anilines is 1. The van der Waals surface area contributed by atoms with Crippen LogP contribution in [0, 0.1) is 5.82 Å². The van der Waals surface area contributed by atoms with E-state index in [1.165, 1.54) is 17.3 Å². The van der Waals surface area contributed by atoms with Crippen LogP contribution in [0.2, 0.25) is 0 Å². The van der Waals surface area contributed by atoms with E-state index in [4.69, 9.17) is 0 Å². The van der Waals surface area contributed by atoms with E-state index < -0.39 is 0 Å². The van der Waals surface area contributed by atoms with Crippen molar-refractivity contribution in [1.82, 2.24) is 5.32 Å². The second-order valence-corrected chi connectivity index (χ2v) is 5.59. The number of nitrogens with one attached hydrogen (secondary N) is 1. The van der Waals surface area contributed by atoms with Crippen LogP contribution in [0.5, 0.6) is 0 Å². The lowest BCUT2D eigenvalue weighted by Gasteiger charge is -2.27. The Morgan fingerprint density at radius 3 is 2.71 bits per heavy atom. The zero-order valence-corrected chi connectivity index (χ0v) is 12.3. The third-order valence-corrected chi connectivity index (χ3v) is 4.17. The first-order valence-corrected chi connectivity index (χ1v) is 7.57. The molecule has 1 aliphatic heterocycles. The molecule has 0 bridgehead atoms. The summed E-state index contributed by atoms with van der Waals surface area (Å²) in [7, 11) is 0. The van der Waals surface area contributed by atoms with Gasteiger partial charge in [0.05, 0.1) is 0 Å². The van der Waals surface area contributed by atoms with E-state index in [2.05, 4.69) is 41.4 Å². The molecule has 1 unspecified atom stereocenters. The first kappa shape index (κ1) is 14.1. The van der Waals surface area contributed by atoms with Crippen molar-refractivity contribution in [2.24, 2.45) is 0 Å². The molecular weight excluding hydrogens is 263 g/mol. The van der Waals surface area contributed by atoms with Crippen LogP contribution in [0.1, 0.15) is 24.5 Å². The van der Waals surface area contributed by atoms with Gasteiger partial charge in [-0.05, 0) is 24.1 Å². The molecule has 1 heterocycles. The highest BCUT2D eigenvalue weighted by molar-refractivity contribution is 5.55. The minimum atomic E-state index is -0.125. The Hall–Kier alpha value is -1.87. The van der Waals surface area contributed by atoms with Crippen LogP contribution in [0.25, 0.3) is 0 Å². The van der Waals surface area contributed by atoms with E-state index in [-0.39, 0.29) is 5.82 Å². The predicted molar refractivity (Wildman–Crippen MR) is 84.8 cm³/mol. The highest BCUT2D eigenvalue weighted by atomic mass is 19.1. The first-order valence-electron chi connectivity index (χ1n) is 7.57. The SMILES string of the molecule is CCC1CN(Cc2ccccc2F)c2ccccc2CN1. The molecule has 0 spiro atoms. The topological polar surface area (TPSA) is 15.3 Å². The molecule has 2 aromatic rings. The third kappa shape index (κ3) is 3.08. The molecule has 110 valence electrons. The summed E-state index contributed by atoms with van der Waals surface area (Å²) in [5.74, 6) is -0.125. The van der Waals surface area contributed by atoms with Gasteiger partial charge in [0.1, 0.15) is 5.82 Å². The summed E-state index contributed by atoms with van der Waals surface area (Å²) in [6, 6.07) is 15.9. The van der Waals surface area contributed by atoms with Gasteiger partial charge in [-0.2, -0.15) is 0 Å². The first-order chi connectivity index (χ1) is 10.3. The van der Waals surface area contributed by atoms with E-state index in [0.29, 0.717) is 12.6 Å². The van der Waals surface area contributed by atoms with Gasteiger partial charge in [0.25, 0.3) is 0 Å². The van der Waals surface area contributed by atoms with Crippen molar-refractivity contribution in [3.05, 3.63) is 65.5 Å². The summed E-state index contributed by atoms with van der Waals surface area (Å²) in [5, 5.41) is 3.58. The van der Waals surface area contributed by atoms with Gasteiger partial charge in [-0.25, -0.2) is 4.39 Å². The maximum absolute atomic E-state index is 14.0. The molecule has 0 fully saturated rings. The number of rotatable bonds is 3. The summed E-state index contributed by atoms with van der Waals surface area (Å²) < 4.78 is 14.0. The molecule has 0 radical (unpaired) electrons. The van der Waals surface area contributed by atoms with Crippen molar-refractivity contribution in [3.8, 4) is 0 Å². The van der Waals surface area contributed by atoms with E-state index in [1.807, 2.05) is 12.1 Å². The molecule has 21 heavy (non-hydrogen) atoms. The maximum atomic E-state index is 14.0. The molecule has 0 saturated heterocycles. The fourth-order valence-corrected chi connectivity index (χ4v) is 2.91. The number of para-hydroxylation sites is 1. The monoisotopic (exact) mass is 284 g/mol. The quantitative estimate of drug-likeness (QED) is 0.924. The summed E-state index contributed by atoms with van der Waals surface area (Å²) in [5.41, 5.74) is 3.25. The number of hydrogen-bond donors (Lipinski definition) is 1. The van der Waals surface area contributed by atoms with Gasteiger partial charge >= 0.3 is 0 Å². The predicted octanol–water partition coefficient (Wildman–Crippen LogP) is 3.71.